The molecule has 0 aliphatic carbocycles. The Kier molecular flexibility index (Phi) is 6.05. The second-order valence-electron chi connectivity index (χ2n) is 7.21. The van der Waals surface area contributed by atoms with Gasteiger partial charge >= 0.3 is 6.09 Å². The summed E-state index contributed by atoms with van der Waals surface area (Å²) in [5.41, 5.74) is 1.22. The van der Waals surface area contributed by atoms with E-state index in [0.29, 0.717) is 25.1 Å². The van der Waals surface area contributed by atoms with Crippen LogP contribution in [0.5, 0.6) is 0 Å². The highest BCUT2D eigenvalue weighted by molar-refractivity contribution is 5.70. The maximum absolute atomic E-state index is 13.4. The molecule has 4 nitrogen and oxygen atoms in total. The van der Waals surface area contributed by atoms with Crippen LogP contribution in [0.2, 0.25) is 0 Å². The van der Waals surface area contributed by atoms with Crippen LogP contribution in [0.4, 0.5) is 9.18 Å². The minimum absolute atomic E-state index is 0.238. The number of ether oxygens (including phenoxy) is 1. The zero-order valence-corrected chi connectivity index (χ0v) is 15.6. The molecule has 1 aromatic carbocycles. The standard InChI is InChI=1S/C21H23FN2O2/c1-15(2)14-26-20(25)24-9-8-18(21(24,3)4)7-5-6-16-10-17(13-23)12-19(22)11-16/h7,10-12,15H,8-9,14H2,1-4H3/b18-7+. The quantitative estimate of drug-likeness (QED) is 0.746. The van der Waals surface area contributed by atoms with E-state index in [2.05, 4.69) is 11.8 Å². The van der Waals surface area contributed by atoms with Crippen molar-refractivity contribution in [3.63, 3.8) is 0 Å². The van der Waals surface area contributed by atoms with Crippen molar-refractivity contribution in [2.45, 2.75) is 39.7 Å². The summed E-state index contributed by atoms with van der Waals surface area (Å²) in [7, 11) is 0. The third-order valence-corrected chi connectivity index (χ3v) is 4.32. The monoisotopic (exact) mass is 354 g/mol. The molecule has 0 bridgehead atoms. The molecule has 2 rings (SSSR count). The van der Waals surface area contributed by atoms with Gasteiger partial charge in [-0.05, 0) is 56.0 Å². The van der Waals surface area contributed by atoms with Gasteiger partial charge in [-0.1, -0.05) is 25.7 Å². The Balaban J connectivity index is 2.14. The first-order valence-corrected chi connectivity index (χ1v) is 8.60. The number of halogens is 1. The Labute approximate surface area is 154 Å². The molecule has 1 aromatic rings. The van der Waals surface area contributed by atoms with Gasteiger partial charge in [-0.2, -0.15) is 5.26 Å². The largest absolute Gasteiger partial charge is 0.449 e. The van der Waals surface area contributed by atoms with Gasteiger partial charge in [-0.15, -0.1) is 0 Å². The van der Waals surface area contributed by atoms with Crippen LogP contribution in [-0.2, 0) is 4.74 Å². The summed E-state index contributed by atoms with van der Waals surface area (Å²) in [6.07, 6.45) is 2.17. The van der Waals surface area contributed by atoms with Gasteiger partial charge in [0, 0.05) is 12.1 Å². The van der Waals surface area contributed by atoms with Crippen LogP contribution in [0.15, 0.2) is 29.8 Å². The third kappa shape index (κ3) is 4.64. The lowest BCUT2D eigenvalue weighted by Gasteiger charge is -2.31. The lowest BCUT2D eigenvalue weighted by atomic mass is 9.95. The molecule has 0 saturated carbocycles. The first kappa shape index (κ1) is 19.5. The van der Waals surface area contributed by atoms with Crippen LogP contribution in [0, 0.1) is 34.9 Å². The van der Waals surface area contributed by atoms with Crippen molar-refractivity contribution in [1.29, 1.82) is 5.26 Å². The van der Waals surface area contributed by atoms with Crippen LogP contribution >= 0.6 is 0 Å². The summed E-state index contributed by atoms with van der Waals surface area (Å²) in [6, 6.07) is 5.92. The number of carbonyl (C=O) groups is 1. The van der Waals surface area contributed by atoms with Crippen LogP contribution in [0.1, 0.15) is 45.2 Å². The SMILES string of the molecule is CC(C)COC(=O)N1CC/C(=C\C#Cc2cc(F)cc(C#N)c2)C1(C)C. The Bertz CT molecular complexity index is 823. The van der Waals surface area contributed by atoms with E-state index in [1.807, 2.05) is 33.8 Å². The number of hydrogen-bond acceptors (Lipinski definition) is 3. The molecule has 0 radical (unpaired) electrons. The molecule has 26 heavy (non-hydrogen) atoms. The van der Waals surface area contributed by atoms with Crippen molar-refractivity contribution >= 4 is 6.09 Å². The van der Waals surface area contributed by atoms with Gasteiger partial charge in [-0.3, -0.25) is 4.90 Å². The van der Waals surface area contributed by atoms with E-state index < -0.39 is 11.4 Å². The van der Waals surface area contributed by atoms with E-state index in [9.17, 15) is 9.18 Å². The van der Waals surface area contributed by atoms with E-state index in [0.717, 1.165) is 5.57 Å². The first-order valence-electron chi connectivity index (χ1n) is 8.60. The van der Waals surface area contributed by atoms with Crippen molar-refractivity contribution in [1.82, 2.24) is 4.90 Å². The van der Waals surface area contributed by atoms with Crippen molar-refractivity contribution in [2.24, 2.45) is 5.92 Å². The maximum Gasteiger partial charge on any atom is 0.410 e. The molecule has 0 aromatic heterocycles. The first-order chi connectivity index (χ1) is 12.2. The number of amides is 1. The third-order valence-electron chi connectivity index (χ3n) is 4.32. The van der Waals surface area contributed by atoms with Crippen molar-refractivity contribution in [3.8, 4) is 17.9 Å². The molecular formula is C21H23FN2O2. The second-order valence-corrected chi connectivity index (χ2v) is 7.21. The Morgan fingerprint density at radius 1 is 1.38 bits per heavy atom. The van der Waals surface area contributed by atoms with Gasteiger partial charge in [-0.25, -0.2) is 9.18 Å². The molecule has 1 heterocycles. The molecule has 0 spiro atoms. The molecule has 1 amide bonds. The zero-order valence-electron chi connectivity index (χ0n) is 15.6. The van der Waals surface area contributed by atoms with Crippen LogP contribution < -0.4 is 0 Å². The molecule has 5 heteroatoms. The fourth-order valence-electron chi connectivity index (χ4n) is 2.81. The highest BCUT2D eigenvalue weighted by atomic mass is 19.1. The molecule has 136 valence electrons. The summed E-state index contributed by atoms with van der Waals surface area (Å²) in [5.74, 6) is 5.58. The second kappa shape index (κ2) is 8.06. The van der Waals surface area contributed by atoms with Gasteiger partial charge in [0.25, 0.3) is 0 Å². The molecule has 1 aliphatic rings. The van der Waals surface area contributed by atoms with Crippen LogP contribution in [-0.4, -0.2) is 29.7 Å². The topological polar surface area (TPSA) is 53.3 Å². The predicted octanol–water partition coefficient (Wildman–Crippen LogP) is 4.25. The van der Waals surface area contributed by atoms with Gasteiger partial charge in [0.15, 0.2) is 0 Å². The van der Waals surface area contributed by atoms with E-state index in [1.54, 1.807) is 17.0 Å². The molecule has 1 saturated heterocycles. The fourth-order valence-corrected chi connectivity index (χ4v) is 2.81. The lowest BCUT2D eigenvalue weighted by Crippen LogP contribution is -2.44. The highest BCUT2D eigenvalue weighted by Gasteiger charge is 2.40. The molecule has 0 unspecified atom stereocenters. The Hall–Kier alpha value is -2.79. The maximum atomic E-state index is 13.4. The summed E-state index contributed by atoms with van der Waals surface area (Å²) in [5, 5.41) is 8.89. The van der Waals surface area contributed by atoms with E-state index in [4.69, 9.17) is 10.00 Å². The number of rotatable bonds is 2. The van der Waals surface area contributed by atoms with Gasteiger partial charge in [0.1, 0.15) is 5.82 Å². The van der Waals surface area contributed by atoms with Gasteiger partial charge < -0.3 is 4.74 Å². The number of benzene rings is 1. The van der Waals surface area contributed by atoms with E-state index in [-0.39, 0.29) is 17.6 Å². The average Bonchev–Trinajstić information content (AvgIpc) is 2.86. The minimum Gasteiger partial charge on any atom is -0.449 e. The number of carbonyl (C=O) groups excluding carboxylic acids is 1. The number of likely N-dealkylation sites (tertiary alicyclic amines) is 1. The predicted molar refractivity (Wildman–Crippen MR) is 97.7 cm³/mol. The highest BCUT2D eigenvalue weighted by Crippen LogP contribution is 2.34. The van der Waals surface area contributed by atoms with Crippen molar-refractivity contribution < 1.29 is 13.9 Å². The van der Waals surface area contributed by atoms with Crippen molar-refractivity contribution in [2.75, 3.05) is 13.2 Å². The molecule has 0 N–H and O–H groups in total. The fraction of sp³-hybridized carbons (Fsp3) is 0.429. The smallest absolute Gasteiger partial charge is 0.410 e. The van der Waals surface area contributed by atoms with Crippen molar-refractivity contribution in [3.05, 3.63) is 46.8 Å². The van der Waals surface area contributed by atoms with Gasteiger partial charge in [0.2, 0.25) is 0 Å². The Morgan fingerprint density at radius 2 is 2.08 bits per heavy atom. The van der Waals surface area contributed by atoms with E-state index >= 15 is 0 Å². The number of nitriles is 1. The average molecular weight is 354 g/mol. The van der Waals surface area contributed by atoms with E-state index in [1.165, 1.54) is 12.1 Å². The number of allylic oxidation sites excluding steroid dienone is 1. The molecule has 1 aliphatic heterocycles. The normalized spacial score (nSPS) is 17.0. The summed E-state index contributed by atoms with van der Waals surface area (Å²) < 4.78 is 18.8. The van der Waals surface area contributed by atoms with Gasteiger partial charge in [0.05, 0.1) is 23.8 Å². The van der Waals surface area contributed by atoms with Crippen LogP contribution in [0.3, 0.4) is 0 Å². The minimum atomic E-state index is -0.485. The lowest BCUT2D eigenvalue weighted by molar-refractivity contribution is 0.0770. The number of hydrogen-bond donors (Lipinski definition) is 0. The zero-order chi connectivity index (χ0) is 19.3. The molecule has 1 fully saturated rings. The summed E-state index contributed by atoms with van der Waals surface area (Å²) >= 11 is 0. The molecule has 0 atom stereocenters. The Morgan fingerprint density at radius 3 is 2.73 bits per heavy atom. The summed E-state index contributed by atoms with van der Waals surface area (Å²) in [4.78, 5) is 14.0. The summed E-state index contributed by atoms with van der Waals surface area (Å²) in [6.45, 7) is 8.88. The number of nitrogens with zero attached hydrogens (tertiary/aromatic N) is 2. The molecular weight excluding hydrogens is 331 g/mol. The van der Waals surface area contributed by atoms with Crippen LogP contribution in [0.25, 0.3) is 0 Å².